The van der Waals surface area contributed by atoms with Crippen LogP contribution < -0.4 is 0 Å². The molecule has 0 N–H and O–H groups in total. The average Bonchev–Trinajstić information content (AvgIpc) is 2.65. The van der Waals surface area contributed by atoms with Gasteiger partial charge in [0.2, 0.25) is 0 Å². The first-order valence-electron chi connectivity index (χ1n) is 6.15. The van der Waals surface area contributed by atoms with Gasteiger partial charge in [-0.25, -0.2) is 13.8 Å². The van der Waals surface area contributed by atoms with Gasteiger partial charge in [-0.3, -0.25) is 4.79 Å². The highest BCUT2D eigenvalue weighted by Gasteiger charge is 2.25. The normalized spacial score (nSPS) is 12.3. The Morgan fingerprint density at radius 1 is 1.47 bits per heavy atom. The van der Waals surface area contributed by atoms with Gasteiger partial charge in [-0.1, -0.05) is 13.8 Å². The smallest absolute Gasteiger partial charge is 0.262 e. The lowest BCUT2D eigenvalue weighted by Crippen LogP contribution is -2.19. The van der Waals surface area contributed by atoms with Crippen molar-refractivity contribution in [2.24, 2.45) is 5.92 Å². The highest BCUT2D eigenvalue weighted by Crippen LogP contribution is 2.25. The molecule has 3 nitrogen and oxygen atoms in total. The number of pyridine rings is 1. The fourth-order valence-corrected chi connectivity index (χ4v) is 2.05. The van der Waals surface area contributed by atoms with E-state index in [1.54, 1.807) is 26.0 Å². The summed E-state index contributed by atoms with van der Waals surface area (Å²) >= 11 is 0. The van der Waals surface area contributed by atoms with E-state index in [2.05, 4.69) is 4.98 Å². The van der Waals surface area contributed by atoms with Gasteiger partial charge in [0.15, 0.2) is 5.78 Å². The largest absolute Gasteiger partial charge is 0.326 e. The van der Waals surface area contributed by atoms with Gasteiger partial charge < -0.3 is 4.57 Å². The lowest BCUT2D eigenvalue weighted by atomic mass is 10.0. The van der Waals surface area contributed by atoms with Crippen molar-refractivity contribution in [1.82, 2.24) is 9.55 Å². The molecule has 2 rings (SSSR count). The Morgan fingerprint density at radius 3 is 2.74 bits per heavy atom. The van der Waals surface area contributed by atoms with Crippen molar-refractivity contribution in [3.8, 4) is 0 Å². The molecule has 0 aliphatic rings. The number of aromatic nitrogens is 2. The van der Waals surface area contributed by atoms with Crippen molar-refractivity contribution < 1.29 is 13.6 Å². The summed E-state index contributed by atoms with van der Waals surface area (Å²) < 4.78 is 27.7. The van der Waals surface area contributed by atoms with E-state index in [1.165, 1.54) is 17.0 Å². The zero-order valence-electron chi connectivity index (χ0n) is 11.2. The van der Waals surface area contributed by atoms with Crippen molar-refractivity contribution in [2.75, 3.05) is 0 Å². The second-order valence-electron chi connectivity index (χ2n) is 5.13. The third-order valence-electron chi connectivity index (χ3n) is 2.87. The van der Waals surface area contributed by atoms with Gasteiger partial charge in [0.05, 0.1) is 6.54 Å². The minimum atomic E-state index is -2.85. The molecule has 5 heteroatoms. The summed E-state index contributed by atoms with van der Waals surface area (Å²) in [4.78, 5) is 16.2. The maximum Gasteiger partial charge on any atom is 0.262 e. The molecule has 0 saturated carbocycles. The molecule has 102 valence electrons. The molecule has 0 aromatic carbocycles. The Kier molecular flexibility index (Phi) is 3.39. The number of rotatable bonds is 4. The number of Topliss-reactive ketones (excluding diaryl/α,β-unsaturated/α-hetero) is 1. The highest BCUT2D eigenvalue weighted by atomic mass is 19.3. The third-order valence-corrected chi connectivity index (χ3v) is 2.87. The summed E-state index contributed by atoms with van der Waals surface area (Å²) in [7, 11) is 0. The number of carbonyl (C=O) groups excluding carboxylic acids is 1. The number of carbonyl (C=O) groups is 1. The molecular weight excluding hydrogens is 250 g/mol. The van der Waals surface area contributed by atoms with E-state index in [0.29, 0.717) is 16.6 Å². The fraction of sp³-hybridized carbons (Fsp3) is 0.429. The Hall–Kier alpha value is -1.78. The van der Waals surface area contributed by atoms with Gasteiger partial charge in [-0.2, -0.15) is 0 Å². The van der Waals surface area contributed by atoms with Crippen LogP contribution in [0.1, 0.15) is 31.1 Å². The molecule has 0 radical (unpaired) electrons. The van der Waals surface area contributed by atoms with Crippen molar-refractivity contribution in [2.45, 2.75) is 33.2 Å². The van der Waals surface area contributed by atoms with Crippen LogP contribution in [0.15, 0.2) is 24.5 Å². The van der Waals surface area contributed by atoms with Gasteiger partial charge >= 0.3 is 0 Å². The second kappa shape index (κ2) is 4.72. The van der Waals surface area contributed by atoms with E-state index < -0.39 is 12.5 Å². The minimum Gasteiger partial charge on any atom is -0.326 e. The topological polar surface area (TPSA) is 34.9 Å². The van der Waals surface area contributed by atoms with Crippen LogP contribution in [0.3, 0.4) is 0 Å². The second-order valence-corrected chi connectivity index (χ2v) is 5.13. The number of hydrogen-bond acceptors (Lipinski definition) is 2. The first kappa shape index (κ1) is 13.6. The zero-order valence-corrected chi connectivity index (χ0v) is 11.2. The average molecular weight is 266 g/mol. The van der Waals surface area contributed by atoms with Gasteiger partial charge in [-0.05, 0) is 12.1 Å². The monoisotopic (exact) mass is 266 g/mol. The standard InChI is InChI=1S/C14H16F2N2O/c1-9(2)12(19)11-7-18(8-14(3,15)16)13-10(11)5-4-6-17-13/h4-7,9H,8H2,1-3H3. The molecule has 0 atom stereocenters. The third kappa shape index (κ3) is 2.80. The quantitative estimate of drug-likeness (QED) is 0.793. The molecule has 0 aliphatic heterocycles. The van der Waals surface area contributed by atoms with E-state index in [-0.39, 0.29) is 11.7 Å². The molecule has 2 heterocycles. The van der Waals surface area contributed by atoms with Gasteiger partial charge in [0.1, 0.15) is 5.65 Å². The van der Waals surface area contributed by atoms with E-state index in [0.717, 1.165) is 6.92 Å². The van der Waals surface area contributed by atoms with Crippen LogP contribution in [-0.4, -0.2) is 21.3 Å². The molecular formula is C14H16F2N2O. The number of halogens is 2. The number of ketones is 1. The summed E-state index contributed by atoms with van der Waals surface area (Å²) in [5.74, 6) is -3.08. The van der Waals surface area contributed by atoms with Crippen molar-refractivity contribution in [1.29, 1.82) is 0 Å². The molecule has 0 fully saturated rings. The summed E-state index contributed by atoms with van der Waals surface area (Å²) in [6.07, 6.45) is 3.02. The van der Waals surface area contributed by atoms with Crippen molar-refractivity contribution in [3.05, 3.63) is 30.1 Å². The van der Waals surface area contributed by atoms with Crippen LogP contribution in [0.2, 0.25) is 0 Å². The molecule has 0 unspecified atom stereocenters. The van der Waals surface area contributed by atoms with Crippen LogP contribution in [0.4, 0.5) is 8.78 Å². The summed E-state index contributed by atoms with van der Waals surface area (Å²) in [6, 6.07) is 3.44. The zero-order chi connectivity index (χ0) is 14.2. The molecule has 19 heavy (non-hydrogen) atoms. The molecule has 2 aromatic rings. The molecule has 0 amide bonds. The molecule has 2 aromatic heterocycles. The van der Waals surface area contributed by atoms with Crippen LogP contribution in [0.5, 0.6) is 0 Å². The molecule has 0 aliphatic carbocycles. The first-order valence-corrected chi connectivity index (χ1v) is 6.15. The molecule has 0 saturated heterocycles. The van der Waals surface area contributed by atoms with E-state index in [9.17, 15) is 13.6 Å². The summed E-state index contributed by atoms with van der Waals surface area (Å²) in [6.45, 7) is 3.95. The van der Waals surface area contributed by atoms with E-state index >= 15 is 0 Å². The fourth-order valence-electron chi connectivity index (χ4n) is 2.05. The van der Waals surface area contributed by atoms with E-state index in [1.807, 2.05) is 0 Å². The Morgan fingerprint density at radius 2 is 2.16 bits per heavy atom. The SMILES string of the molecule is CC(C)C(=O)c1cn(CC(C)(F)F)c2ncccc12. The number of nitrogens with zero attached hydrogens (tertiary/aromatic N) is 2. The maximum absolute atomic E-state index is 13.2. The summed E-state index contributed by atoms with van der Waals surface area (Å²) in [5.41, 5.74) is 0.885. The highest BCUT2D eigenvalue weighted by molar-refractivity contribution is 6.08. The molecule has 0 spiro atoms. The Balaban J connectivity index is 2.58. The number of hydrogen-bond donors (Lipinski definition) is 0. The lowest BCUT2D eigenvalue weighted by molar-refractivity contribution is 0.00491. The van der Waals surface area contributed by atoms with Crippen LogP contribution in [0, 0.1) is 5.92 Å². The van der Waals surface area contributed by atoms with Crippen LogP contribution in [0.25, 0.3) is 11.0 Å². The van der Waals surface area contributed by atoms with Crippen LogP contribution in [-0.2, 0) is 6.54 Å². The Labute approximate surface area is 110 Å². The van der Waals surface area contributed by atoms with Gasteiger partial charge in [0, 0.05) is 36.2 Å². The summed E-state index contributed by atoms with van der Waals surface area (Å²) in [5, 5.41) is 0.630. The van der Waals surface area contributed by atoms with E-state index in [4.69, 9.17) is 0 Å². The maximum atomic E-state index is 13.2. The van der Waals surface area contributed by atoms with Crippen molar-refractivity contribution in [3.63, 3.8) is 0 Å². The predicted molar refractivity (Wildman–Crippen MR) is 69.5 cm³/mol. The molecule has 0 bridgehead atoms. The minimum absolute atomic E-state index is 0.0591. The lowest BCUT2D eigenvalue weighted by Gasteiger charge is -2.11. The predicted octanol–water partition coefficient (Wildman–Crippen LogP) is 3.53. The number of alkyl halides is 2. The van der Waals surface area contributed by atoms with Crippen molar-refractivity contribution >= 4 is 16.8 Å². The van der Waals surface area contributed by atoms with Crippen LogP contribution >= 0.6 is 0 Å². The van der Waals surface area contributed by atoms with Gasteiger partial charge in [-0.15, -0.1) is 0 Å². The first-order chi connectivity index (χ1) is 8.79. The number of fused-ring (bicyclic) bond motifs is 1. The Bertz CT molecular complexity index is 611. The van der Waals surface area contributed by atoms with Gasteiger partial charge in [0.25, 0.3) is 5.92 Å².